The van der Waals surface area contributed by atoms with Crippen LogP contribution in [0.5, 0.6) is 5.75 Å². The van der Waals surface area contributed by atoms with Crippen molar-refractivity contribution in [1.29, 1.82) is 4.29 Å². The van der Waals surface area contributed by atoms with Gasteiger partial charge in [-0.3, -0.25) is 4.79 Å². The largest absolute Gasteiger partial charge is 0.497 e. The molecule has 0 atom stereocenters. The van der Waals surface area contributed by atoms with E-state index in [2.05, 4.69) is 14.4 Å². The Morgan fingerprint density at radius 1 is 1.40 bits per heavy atom. The Bertz CT molecular complexity index is 387. The van der Waals surface area contributed by atoms with Gasteiger partial charge >= 0.3 is 14.8 Å². The van der Waals surface area contributed by atoms with Crippen molar-refractivity contribution in [3.63, 3.8) is 0 Å². The van der Waals surface area contributed by atoms with Crippen molar-refractivity contribution in [2.24, 2.45) is 0 Å². The summed E-state index contributed by atoms with van der Waals surface area (Å²) in [6.07, 6.45) is 0. The summed E-state index contributed by atoms with van der Waals surface area (Å²) in [5.74, 6) is -0.0474. The van der Waals surface area contributed by atoms with E-state index in [4.69, 9.17) is 9.03 Å². The maximum atomic E-state index is 10.7. The van der Waals surface area contributed by atoms with Gasteiger partial charge in [-0.1, -0.05) is 12.1 Å². The van der Waals surface area contributed by atoms with E-state index in [1.807, 2.05) is 0 Å². The molecule has 0 fully saturated rings. The van der Waals surface area contributed by atoms with Crippen molar-refractivity contribution in [2.45, 2.75) is 13.0 Å². The molecule has 0 aliphatic heterocycles. The van der Waals surface area contributed by atoms with Crippen LogP contribution < -0.4 is 4.74 Å². The van der Waals surface area contributed by atoms with Crippen LogP contribution in [0.2, 0.25) is 0 Å². The lowest BCUT2D eigenvalue weighted by Crippen LogP contribution is -2.37. The molecule has 15 heavy (non-hydrogen) atoms. The number of carbonyl (C=O) groups is 1. The van der Waals surface area contributed by atoms with Crippen LogP contribution in [0, 0.1) is 0 Å². The number of rotatable bonds is 6. The highest BCUT2D eigenvalue weighted by Crippen LogP contribution is 2.14. The van der Waals surface area contributed by atoms with Crippen molar-refractivity contribution in [3.8, 4) is 5.75 Å². The van der Waals surface area contributed by atoms with Crippen molar-refractivity contribution >= 4 is 14.8 Å². The van der Waals surface area contributed by atoms with Gasteiger partial charge in [-0.05, 0) is 17.7 Å². The average Bonchev–Trinajstić information content (AvgIpc) is 2.38. The third kappa shape index (κ3) is 4.70. The first-order valence-electron chi connectivity index (χ1n) is 5.48. The van der Waals surface area contributed by atoms with Crippen LogP contribution in [-0.2, 0) is 10.8 Å². The molecule has 0 aliphatic carbocycles. The van der Waals surface area contributed by atoms with Crippen LogP contribution in [0.4, 0.5) is 0 Å². The third-order valence-corrected chi connectivity index (χ3v) is 2.45. The number of ether oxygens (including phenoxy) is 1. The number of hydrogen-bond acceptors (Lipinski definition) is 5. The molecule has 0 bridgehead atoms. The van der Waals surface area contributed by atoms with Crippen LogP contribution in [0.25, 0.3) is 0 Å². The van der Waals surface area contributed by atoms with Crippen LogP contribution in [0.3, 0.4) is 0 Å². The molecule has 0 saturated carbocycles. The van der Waals surface area contributed by atoms with Gasteiger partial charge in [0.25, 0.3) is 0 Å². The Hall–Kier alpha value is -1.21. The Labute approximate surface area is 92.4 Å². The summed E-state index contributed by atoms with van der Waals surface area (Å²) in [6.45, 7) is 1.29. The van der Waals surface area contributed by atoms with Crippen LogP contribution in [-0.4, -0.2) is 33.5 Å². The molecule has 6 heteroatoms. The van der Waals surface area contributed by atoms with E-state index < -0.39 is 14.8 Å². The molecule has 3 N–H and O–H groups in total. The van der Waals surface area contributed by atoms with E-state index in [-0.39, 0.29) is 6.04 Å². The van der Waals surface area contributed by atoms with Crippen molar-refractivity contribution in [3.05, 3.63) is 29.8 Å². The smallest absolute Gasteiger partial charge is 0.427 e. The lowest BCUT2D eigenvalue weighted by atomic mass is 10.2. The zero-order chi connectivity index (χ0) is 13.6. The van der Waals surface area contributed by atoms with Crippen LogP contribution in [0.15, 0.2) is 24.3 Å². The zero-order valence-corrected chi connectivity index (χ0v) is 9.06. The predicted octanol–water partition coefficient (Wildman–Crippen LogP) is -0.391. The normalized spacial score (nSPS) is 13.8. The van der Waals surface area contributed by atoms with Gasteiger partial charge in [0.2, 0.25) is 0 Å². The molecule has 1 rings (SSSR count). The maximum absolute atomic E-state index is 10.7. The minimum Gasteiger partial charge on any atom is -0.427 e. The van der Waals surface area contributed by atoms with Gasteiger partial charge in [-0.15, -0.1) is 0 Å². The highest BCUT2D eigenvalue weighted by atomic mass is 28.4. The summed E-state index contributed by atoms with van der Waals surface area (Å²) < 4.78 is 25.2. The number of hydrogen-bond donors (Lipinski definition) is 3. The zero-order valence-electron chi connectivity index (χ0n) is 11.1. The Morgan fingerprint density at radius 2 is 2.00 bits per heavy atom. The van der Waals surface area contributed by atoms with Gasteiger partial charge in [0.1, 0.15) is 5.75 Å². The molecule has 5 nitrogen and oxygen atoms in total. The van der Waals surface area contributed by atoms with E-state index in [0.29, 0.717) is 11.3 Å². The molecule has 0 radical (unpaired) electrons. The summed E-state index contributed by atoms with van der Waals surface area (Å²) >= 11 is 0. The van der Waals surface area contributed by atoms with E-state index in [9.17, 15) is 4.79 Å². The second kappa shape index (κ2) is 4.54. The lowest BCUT2D eigenvalue weighted by Gasteiger charge is -2.09. The fraction of sp³-hybridized carbons (Fsp3) is 0.222. The van der Waals surface area contributed by atoms with Gasteiger partial charge in [0, 0.05) is 13.0 Å². The molecule has 1 aromatic rings. The maximum Gasteiger partial charge on any atom is 0.497 e. The Morgan fingerprint density at radius 3 is 2.47 bits per heavy atom. The van der Waals surface area contributed by atoms with Crippen LogP contribution >= 0.6 is 0 Å². The highest BCUT2D eigenvalue weighted by Gasteiger charge is 2.26. The minimum atomic E-state index is -3.62. The molecule has 0 aliphatic rings. The van der Waals surface area contributed by atoms with Gasteiger partial charge < -0.3 is 19.1 Å². The van der Waals surface area contributed by atoms with Crippen molar-refractivity contribution in [2.75, 3.05) is 0 Å². The fourth-order valence-electron chi connectivity index (χ4n) is 1.09. The lowest BCUT2D eigenvalue weighted by molar-refractivity contribution is -0.131. The van der Waals surface area contributed by atoms with Gasteiger partial charge in [-0.2, -0.15) is 0 Å². The van der Waals surface area contributed by atoms with Gasteiger partial charge in [0.15, 0.2) is 4.29 Å². The van der Waals surface area contributed by atoms with Gasteiger partial charge in [0.05, 0.1) is 0 Å². The fourth-order valence-corrected chi connectivity index (χ4v) is 1.83. The number of carbonyl (C=O) groups excluding carboxylic acids is 1. The standard InChI is InChI=1S/C9H12O5Si/c1-7(10)14-9-4-2-8(3-5-9)6-15(11,12)13/h2-5,11-13H,6H2,1H3/i11T,12T,13T. The summed E-state index contributed by atoms with van der Waals surface area (Å²) in [5.41, 5.74) is 0.643. The molecule has 0 aromatic heterocycles. The topological polar surface area (TPSA) is 87.0 Å². The monoisotopic (exact) mass is 234 g/mol. The van der Waals surface area contributed by atoms with Crippen molar-refractivity contribution < 1.29 is 23.9 Å². The van der Waals surface area contributed by atoms with Crippen LogP contribution in [0.1, 0.15) is 12.5 Å². The van der Waals surface area contributed by atoms with E-state index in [0.717, 1.165) is 0 Å². The molecule has 1 aromatic carbocycles. The average molecular weight is 234 g/mol. The third-order valence-electron chi connectivity index (χ3n) is 1.61. The van der Waals surface area contributed by atoms with Crippen molar-refractivity contribution in [1.82, 2.24) is 0 Å². The summed E-state index contributed by atoms with van der Waals surface area (Å²) in [4.78, 5) is 23.4. The quantitative estimate of drug-likeness (QED) is 0.354. The SMILES string of the molecule is [3H]O[Si](Cc1ccc(OC(C)=O)cc1)(O[3H])O[3H]. The number of esters is 1. The predicted molar refractivity (Wildman–Crippen MR) is 53.9 cm³/mol. The highest BCUT2D eigenvalue weighted by molar-refractivity contribution is 6.55. The molecule has 0 unspecified atom stereocenters. The first-order valence-corrected chi connectivity index (χ1v) is 6.19. The first kappa shape index (κ1) is 8.00. The molecule has 0 heterocycles. The summed E-state index contributed by atoms with van der Waals surface area (Å²) in [5, 5.41) is 0. The Balaban J connectivity index is 2.76. The van der Waals surface area contributed by atoms with E-state index in [1.165, 1.54) is 6.92 Å². The van der Waals surface area contributed by atoms with Gasteiger partial charge in [-0.25, -0.2) is 0 Å². The molecular formula is C9H12O5Si. The molecule has 0 amide bonds. The Kier molecular flexibility index (Phi) is 2.42. The van der Waals surface area contributed by atoms with E-state index >= 15 is 0 Å². The molecule has 82 valence electrons. The molecular weight excluding hydrogens is 216 g/mol. The van der Waals surface area contributed by atoms with E-state index in [1.54, 1.807) is 24.3 Å². The summed E-state index contributed by atoms with van der Waals surface area (Å²) in [6, 6.07) is 6.32. The summed E-state index contributed by atoms with van der Waals surface area (Å²) in [7, 11) is -3.62. The molecule has 0 saturated heterocycles. The number of benzene rings is 1. The second-order valence-electron chi connectivity index (χ2n) is 3.10. The first-order chi connectivity index (χ1) is 8.55. The minimum absolute atomic E-state index is 0.00382. The second-order valence-corrected chi connectivity index (χ2v) is 4.82. The molecule has 0 spiro atoms.